The lowest BCUT2D eigenvalue weighted by Crippen LogP contribution is -2.12. The van der Waals surface area contributed by atoms with Gasteiger partial charge in [-0.3, -0.25) is 13.7 Å². The van der Waals surface area contributed by atoms with Crippen LogP contribution in [-0.4, -0.2) is 33.6 Å². The summed E-state index contributed by atoms with van der Waals surface area (Å²) in [6.45, 7) is 13.4. The van der Waals surface area contributed by atoms with Crippen LogP contribution in [0.5, 0.6) is 23.0 Å². The molecule has 0 radical (unpaired) electrons. The third-order valence-corrected chi connectivity index (χ3v) is 12.9. The molecule has 0 unspecified atom stereocenters. The molecule has 6 heterocycles. The highest BCUT2D eigenvalue weighted by Gasteiger charge is 2.22. The van der Waals surface area contributed by atoms with Gasteiger partial charge in [-0.15, -0.1) is 0 Å². The summed E-state index contributed by atoms with van der Waals surface area (Å²) < 4.78 is 20.1. The quantitative estimate of drug-likeness (QED) is 0.159. The van der Waals surface area contributed by atoms with Gasteiger partial charge in [0, 0.05) is 81.4 Å². The van der Waals surface area contributed by atoms with E-state index in [4.69, 9.17) is 29.4 Å². The Hall–Kier alpha value is -8.30. The van der Waals surface area contributed by atoms with Gasteiger partial charge in [0.25, 0.3) is 0 Å². The molecular formula is C58H47N7O2. The fourth-order valence-electron chi connectivity index (χ4n) is 9.54. The van der Waals surface area contributed by atoms with E-state index in [1.54, 1.807) is 12.4 Å². The van der Waals surface area contributed by atoms with E-state index in [0.717, 1.165) is 77.1 Å². The number of para-hydroxylation sites is 2. The van der Waals surface area contributed by atoms with Crippen LogP contribution in [0.1, 0.15) is 52.7 Å². The second kappa shape index (κ2) is 15.1. The molecule has 0 amide bonds. The monoisotopic (exact) mass is 873 g/mol. The van der Waals surface area contributed by atoms with E-state index in [1.165, 1.54) is 11.1 Å². The van der Waals surface area contributed by atoms with Crippen LogP contribution in [0, 0.1) is 0 Å². The average Bonchev–Trinajstić information content (AvgIpc) is 3.96. The lowest BCUT2D eigenvalue weighted by atomic mass is 9.88. The number of nitrogens with zero attached hydrogens (tertiary/aromatic N) is 7. The van der Waals surface area contributed by atoms with Gasteiger partial charge in [0.1, 0.15) is 34.6 Å². The SMILES string of the molecule is CC(C)(C)c1ccnc(-n2c3ccccc3c3ccc(Oc4ccc5c6ccc(Oc7ccc8c9ccccc9n(-c9cc(C(C)(C)C)ccn9)c8c7)cc6n(-c6ncccn6)c5c4)cc32)c1. The molecule has 67 heavy (non-hydrogen) atoms. The van der Waals surface area contributed by atoms with E-state index < -0.39 is 0 Å². The molecule has 0 fully saturated rings. The fraction of sp³-hybridized carbons (Fsp3) is 0.138. The van der Waals surface area contributed by atoms with E-state index in [-0.39, 0.29) is 10.8 Å². The van der Waals surface area contributed by atoms with Gasteiger partial charge in [-0.2, -0.15) is 0 Å². The molecule has 9 heteroatoms. The van der Waals surface area contributed by atoms with Gasteiger partial charge in [0.05, 0.1) is 33.1 Å². The number of benzene rings is 6. The van der Waals surface area contributed by atoms with Gasteiger partial charge in [-0.1, -0.05) is 77.9 Å². The molecular weight excluding hydrogens is 827 g/mol. The van der Waals surface area contributed by atoms with Crippen LogP contribution in [0.15, 0.2) is 176 Å². The third kappa shape index (κ3) is 6.85. The van der Waals surface area contributed by atoms with Crippen molar-refractivity contribution in [1.29, 1.82) is 0 Å². The van der Waals surface area contributed by atoms with Crippen molar-refractivity contribution in [3.05, 3.63) is 188 Å². The van der Waals surface area contributed by atoms with Crippen molar-refractivity contribution >= 4 is 65.4 Å². The van der Waals surface area contributed by atoms with E-state index in [0.29, 0.717) is 28.9 Å². The first kappa shape index (κ1) is 40.2. The molecule has 0 N–H and O–H groups in total. The highest BCUT2D eigenvalue weighted by molar-refractivity contribution is 6.11. The van der Waals surface area contributed by atoms with Gasteiger partial charge in [0.15, 0.2) is 0 Å². The summed E-state index contributed by atoms with van der Waals surface area (Å²) in [5, 5.41) is 6.66. The van der Waals surface area contributed by atoms with Crippen LogP contribution in [-0.2, 0) is 10.8 Å². The predicted octanol–water partition coefficient (Wildman–Crippen LogP) is 14.7. The van der Waals surface area contributed by atoms with Crippen molar-refractivity contribution in [3.63, 3.8) is 0 Å². The van der Waals surface area contributed by atoms with Gasteiger partial charge in [0.2, 0.25) is 5.95 Å². The van der Waals surface area contributed by atoms with Gasteiger partial charge < -0.3 is 9.47 Å². The Morgan fingerprint density at radius 2 is 0.687 bits per heavy atom. The van der Waals surface area contributed by atoms with Crippen molar-refractivity contribution < 1.29 is 9.47 Å². The van der Waals surface area contributed by atoms with Crippen LogP contribution in [0.25, 0.3) is 83.0 Å². The van der Waals surface area contributed by atoms with Crippen molar-refractivity contribution in [2.24, 2.45) is 0 Å². The lowest BCUT2D eigenvalue weighted by Gasteiger charge is -2.20. The Morgan fingerprint density at radius 1 is 0.328 bits per heavy atom. The minimum absolute atomic E-state index is 0.0263. The third-order valence-electron chi connectivity index (χ3n) is 12.9. The standard InChI is InChI=1S/C58H47N7O2/c1-57(2,3)36-24-28-59-54(30-36)63-48-14-9-7-12-42(48)44-20-16-38(32-50(44)63)66-40-18-22-46-47-23-19-41(35-53(47)65(52(46)34-40)56-61-26-11-27-62-56)67-39-17-21-45-43-13-8-10-15-49(43)64(51(45)33-39)55-31-37(25-29-60-55)58(4,5)6/h7-35H,1-6H3. The summed E-state index contributed by atoms with van der Waals surface area (Å²) in [5.74, 6) is 5.09. The van der Waals surface area contributed by atoms with Crippen molar-refractivity contribution in [2.75, 3.05) is 0 Å². The summed E-state index contributed by atoms with van der Waals surface area (Å²) in [4.78, 5) is 19.2. The Balaban J connectivity index is 0.941. The van der Waals surface area contributed by atoms with Crippen LogP contribution in [0.3, 0.4) is 0 Å². The molecule has 12 aromatic rings. The largest absolute Gasteiger partial charge is 0.457 e. The zero-order chi connectivity index (χ0) is 45.6. The molecule has 0 saturated carbocycles. The van der Waals surface area contributed by atoms with E-state index in [2.05, 4.69) is 177 Å². The minimum Gasteiger partial charge on any atom is -0.457 e. The molecule has 0 aliphatic rings. The summed E-state index contributed by atoms with van der Waals surface area (Å²) in [5.41, 5.74) is 8.42. The zero-order valence-electron chi connectivity index (χ0n) is 38.2. The maximum absolute atomic E-state index is 6.75. The van der Waals surface area contributed by atoms with Crippen LogP contribution in [0.4, 0.5) is 0 Å². The number of pyridine rings is 2. The molecule has 12 rings (SSSR count). The number of aromatic nitrogens is 7. The van der Waals surface area contributed by atoms with Gasteiger partial charge in [-0.25, -0.2) is 19.9 Å². The van der Waals surface area contributed by atoms with Gasteiger partial charge in [-0.05, 0) is 113 Å². The maximum Gasteiger partial charge on any atom is 0.234 e. The molecule has 9 nitrogen and oxygen atoms in total. The van der Waals surface area contributed by atoms with Crippen LogP contribution < -0.4 is 9.47 Å². The summed E-state index contributed by atoms with van der Waals surface area (Å²) >= 11 is 0. The highest BCUT2D eigenvalue weighted by atomic mass is 16.5. The van der Waals surface area contributed by atoms with Gasteiger partial charge >= 0.3 is 0 Å². The summed E-state index contributed by atoms with van der Waals surface area (Å²) in [6, 6.07) is 52.4. The summed E-state index contributed by atoms with van der Waals surface area (Å²) in [7, 11) is 0. The van der Waals surface area contributed by atoms with E-state index >= 15 is 0 Å². The van der Waals surface area contributed by atoms with Crippen molar-refractivity contribution in [1.82, 2.24) is 33.6 Å². The Morgan fingerprint density at radius 3 is 1.07 bits per heavy atom. The first-order valence-corrected chi connectivity index (χ1v) is 22.7. The molecule has 6 aromatic carbocycles. The minimum atomic E-state index is -0.0263. The first-order valence-electron chi connectivity index (χ1n) is 22.7. The highest BCUT2D eigenvalue weighted by Crippen LogP contribution is 2.41. The second-order valence-corrected chi connectivity index (χ2v) is 19.3. The maximum atomic E-state index is 6.75. The van der Waals surface area contributed by atoms with Crippen molar-refractivity contribution in [3.8, 4) is 40.6 Å². The van der Waals surface area contributed by atoms with Crippen molar-refractivity contribution in [2.45, 2.75) is 52.4 Å². The Kier molecular flexibility index (Phi) is 9.09. The number of fused-ring (bicyclic) bond motifs is 9. The topological polar surface area (TPSA) is 84.8 Å². The molecule has 0 aliphatic carbocycles. The Bertz CT molecular complexity index is 3670. The normalized spacial score (nSPS) is 12.3. The number of hydrogen-bond donors (Lipinski definition) is 0. The average molecular weight is 874 g/mol. The summed E-state index contributed by atoms with van der Waals surface area (Å²) in [6.07, 6.45) is 7.34. The molecule has 0 spiro atoms. The smallest absolute Gasteiger partial charge is 0.234 e. The second-order valence-electron chi connectivity index (χ2n) is 19.3. The van der Waals surface area contributed by atoms with Crippen LogP contribution >= 0.6 is 0 Å². The molecule has 326 valence electrons. The molecule has 0 atom stereocenters. The molecule has 0 aliphatic heterocycles. The molecule has 0 bridgehead atoms. The fourth-order valence-corrected chi connectivity index (χ4v) is 9.54. The zero-order valence-corrected chi connectivity index (χ0v) is 38.2. The number of hydrogen-bond acceptors (Lipinski definition) is 6. The van der Waals surface area contributed by atoms with Crippen LogP contribution in [0.2, 0.25) is 0 Å². The van der Waals surface area contributed by atoms with E-state index in [1.807, 2.05) is 42.7 Å². The van der Waals surface area contributed by atoms with E-state index in [9.17, 15) is 0 Å². The molecule has 0 saturated heterocycles. The molecule has 6 aromatic heterocycles. The predicted molar refractivity (Wildman–Crippen MR) is 271 cm³/mol. The number of rotatable bonds is 7. The number of ether oxygens (including phenoxy) is 2. The Labute approximate surface area is 387 Å². The first-order chi connectivity index (χ1) is 32.5. The lowest BCUT2D eigenvalue weighted by molar-refractivity contribution is 0.484.